The minimum atomic E-state index is -3.42. The number of aryl methyl sites for hydroxylation is 1. The summed E-state index contributed by atoms with van der Waals surface area (Å²) in [5, 5.41) is 7.01. The van der Waals surface area contributed by atoms with Gasteiger partial charge in [-0.05, 0) is 29.8 Å². The van der Waals surface area contributed by atoms with Crippen molar-refractivity contribution < 1.29 is 13.2 Å². The van der Waals surface area contributed by atoms with Crippen molar-refractivity contribution in [3.63, 3.8) is 0 Å². The van der Waals surface area contributed by atoms with Crippen LogP contribution in [-0.4, -0.2) is 34.4 Å². The molecule has 2 heterocycles. The van der Waals surface area contributed by atoms with Crippen LogP contribution >= 0.6 is 11.6 Å². The number of aromatic nitrogens is 3. The Morgan fingerprint density at radius 1 is 1.21 bits per heavy atom. The van der Waals surface area contributed by atoms with Crippen LogP contribution in [-0.2, 0) is 23.4 Å². The summed E-state index contributed by atoms with van der Waals surface area (Å²) in [5.74, 6) is -0.461. The summed E-state index contributed by atoms with van der Waals surface area (Å²) in [5.41, 5.74) is 1.07. The molecule has 3 rings (SSSR count). The summed E-state index contributed by atoms with van der Waals surface area (Å²) in [6, 6.07) is 7.19. The zero-order chi connectivity index (χ0) is 21.2. The van der Waals surface area contributed by atoms with Gasteiger partial charge in [0.05, 0.1) is 28.1 Å². The molecular weight excluding hydrogens is 416 g/mol. The Balaban J connectivity index is 1.81. The van der Waals surface area contributed by atoms with Crippen molar-refractivity contribution in [2.75, 3.05) is 5.75 Å². The first-order valence-corrected chi connectivity index (χ1v) is 10.7. The molecule has 1 aromatic carbocycles. The molecule has 0 saturated heterocycles. The number of carbonyl (C=O) groups is 1. The van der Waals surface area contributed by atoms with E-state index in [1.165, 1.54) is 41.2 Å². The van der Waals surface area contributed by atoms with Gasteiger partial charge < -0.3 is 5.32 Å². The second-order valence-corrected chi connectivity index (χ2v) is 9.09. The molecule has 2 aromatic heterocycles. The van der Waals surface area contributed by atoms with Crippen LogP contribution in [0.1, 0.15) is 22.8 Å². The first-order valence-electron chi connectivity index (χ1n) is 8.72. The van der Waals surface area contributed by atoms with Gasteiger partial charge in [0.2, 0.25) is 0 Å². The number of halogens is 1. The van der Waals surface area contributed by atoms with E-state index in [1.54, 1.807) is 30.9 Å². The minimum absolute atomic E-state index is 0.0466. The topological polar surface area (TPSA) is 103 Å². The summed E-state index contributed by atoms with van der Waals surface area (Å²) in [4.78, 5) is 24.8. The standard InChI is InChI=1S/C19H19ClN4O4S/c1-3-29(27,28)17-7-13(6-15(20)8-17)9-21-19(26)14-4-5-18(25)24(11-14)16-10-22-23(2)12-16/h4-8,10-12H,3,9H2,1-2H3,(H,21,26). The van der Waals surface area contributed by atoms with Gasteiger partial charge in [0.1, 0.15) is 0 Å². The largest absolute Gasteiger partial charge is 0.348 e. The lowest BCUT2D eigenvalue weighted by molar-refractivity contribution is 0.0950. The predicted octanol–water partition coefficient (Wildman–Crippen LogP) is 1.95. The lowest BCUT2D eigenvalue weighted by Gasteiger charge is -2.10. The van der Waals surface area contributed by atoms with Crippen molar-refractivity contribution in [1.29, 1.82) is 0 Å². The van der Waals surface area contributed by atoms with Crippen molar-refractivity contribution in [2.45, 2.75) is 18.4 Å². The number of nitrogens with one attached hydrogen (secondary N) is 1. The lowest BCUT2D eigenvalue weighted by atomic mass is 10.2. The summed E-state index contributed by atoms with van der Waals surface area (Å²) in [6.07, 6.45) is 4.61. The summed E-state index contributed by atoms with van der Waals surface area (Å²) < 4.78 is 27.0. The number of carbonyl (C=O) groups excluding carboxylic acids is 1. The van der Waals surface area contributed by atoms with E-state index < -0.39 is 15.7 Å². The van der Waals surface area contributed by atoms with Crippen LogP contribution in [0.15, 0.2) is 58.6 Å². The van der Waals surface area contributed by atoms with E-state index in [2.05, 4.69) is 10.4 Å². The van der Waals surface area contributed by atoms with Crippen LogP contribution in [0, 0.1) is 0 Å². The van der Waals surface area contributed by atoms with E-state index in [9.17, 15) is 18.0 Å². The zero-order valence-corrected chi connectivity index (χ0v) is 17.4. The number of pyridine rings is 1. The van der Waals surface area contributed by atoms with E-state index in [-0.39, 0.29) is 33.3 Å². The molecule has 0 aliphatic heterocycles. The third-order valence-electron chi connectivity index (χ3n) is 4.27. The van der Waals surface area contributed by atoms with Crippen molar-refractivity contribution in [3.8, 4) is 5.69 Å². The number of sulfone groups is 1. The molecule has 152 valence electrons. The molecule has 0 radical (unpaired) electrons. The van der Waals surface area contributed by atoms with Crippen LogP contribution in [0.3, 0.4) is 0 Å². The van der Waals surface area contributed by atoms with Gasteiger partial charge in [0.15, 0.2) is 9.84 Å². The van der Waals surface area contributed by atoms with Gasteiger partial charge in [-0.2, -0.15) is 5.10 Å². The summed E-state index contributed by atoms with van der Waals surface area (Å²) in [7, 11) is -1.69. The van der Waals surface area contributed by atoms with E-state index >= 15 is 0 Å². The fourth-order valence-corrected chi connectivity index (χ4v) is 4.00. The van der Waals surface area contributed by atoms with Gasteiger partial charge in [-0.25, -0.2) is 8.42 Å². The molecule has 3 aromatic rings. The molecule has 1 N–H and O–H groups in total. The van der Waals surface area contributed by atoms with Gasteiger partial charge >= 0.3 is 0 Å². The van der Waals surface area contributed by atoms with Gasteiger partial charge in [0.25, 0.3) is 11.5 Å². The molecule has 0 bridgehead atoms. The maximum Gasteiger partial charge on any atom is 0.255 e. The molecule has 0 spiro atoms. The van der Waals surface area contributed by atoms with E-state index in [0.717, 1.165) is 0 Å². The van der Waals surface area contributed by atoms with Crippen LogP contribution < -0.4 is 10.9 Å². The van der Waals surface area contributed by atoms with Crippen molar-refractivity contribution >= 4 is 27.3 Å². The van der Waals surface area contributed by atoms with Crippen LogP contribution in [0.2, 0.25) is 5.02 Å². The molecule has 0 aliphatic carbocycles. The minimum Gasteiger partial charge on any atom is -0.348 e. The van der Waals surface area contributed by atoms with Crippen LogP contribution in [0.5, 0.6) is 0 Å². The normalized spacial score (nSPS) is 11.4. The Kier molecular flexibility index (Phi) is 5.90. The molecule has 8 nitrogen and oxygen atoms in total. The van der Waals surface area contributed by atoms with Crippen molar-refractivity contribution in [1.82, 2.24) is 19.7 Å². The molecule has 0 fully saturated rings. The van der Waals surface area contributed by atoms with E-state index in [0.29, 0.717) is 11.3 Å². The van der Waals surface area contributed by atoms with Gasteiger partial charge in [0, 0.05) is 37.1 Å². The smallest absolute Gasteiger partial charge is 0.255 e. The van der Waals surface area contributed by atoms with Crippen LogP contribution in [0.4, 0.5) is 0 Å². The number of nitrogens with zero attached hydrogens (tertiary/aromatic N) is 3. The molecule has 0 atom stereocenters. The van der Waals surface area contributed by atoms with Crippen molar-refractivity contribution in [3.05, 3.63) is 75.4 Å². The molecule has 0 aliphatic rings. The Bertz CT molecular complexity index is 1230. The molecule has 0 saturated carbocycles. The number of hydrogen-bond acceptors (Lipinski definition) is 5. The number of amides is 1. The lowest BCUT2D eigenvalue weighted by Crippen LogP contribution is -2.26. The Morgan fingerprint density at radius 3 is 2.62 bits per heavy atom. The highest BCUT2D eigenvalue weighted by molar-refractivity contribution is 7.91. The maximum absolute atomic E-state index is 12.5. The zero-order valence-electron chi connectivity index (χ0n) is 15.8. The number of benzene rings is 1. The second kappa shape index (κ2) is 8.22. The molecule has 10 heteroatoms. The average Bonchev–Trinajstić information content (AvgIpc) is 3.12. The molecule has 1 amide bonds. The monoisotopic (exact) mass is 434 g/mol. The fraction of sp³-hybridized carbons (Fsp3) is 0.211. The fourth-order valence-electron chi connectivity index (χ4n) is 2.71. The highest BCUT2D eigenvalue weighted by atomic mass is 35.5. The first kappa shape index (κ1) is 20.8. The highest BCUT2D eigenvalue weighted by Gasteiger charge is 2.14. The predicted molar refractivity (Wildman–Crippen MR) is 109 cm³/mol. The van der Waals surface area contributed by atoms with Crippen molar-refractivity contribution in [2.24, 2.45) is 7.05 Å². The Labute approximate surface area is 172 Å². The van der Waals surface area contributed by atoms with Crippen LogP contribution in [0.25, 0.3) is 5.69 Å². The number of rotatable bonds is 6. The Hall–Kier alpha value is -2.91. The Morgan fingerprint density at radius 2 is 1.97 bits per heavy atom. The van der Waals surface area contributed by atoms with Gasteiger partial charge in [-0.15, -0.1) is 0 Å². The number of hydrogen-bond donors (Lipinski definition) is 1. The second-order valence-electron chi connectivity index (χ2n) is 6.38. The average molecular weight is 435 g/mol. The maximum atomic E-state index is 12.5. The highest BCUT2D eigenvalue weighted by Crippen LogP contribution is 2.20. The summed E-state index contributed by atoms with van der Waals surface area (Å²) >= 11 is 6.03. The third kappa shape index (κ3) is 4.75. The van der Waals surface area contributed by atoms with Gasteiger partial charge in [-0.1, -0.05) is 18.5 Å². The SMILES string of the molecule is CCS(=O)(=O)c1cc(Cl)cc(CNC(=O)c2ccc(=O)n(-c3cnn(C)c3)c2)c1. The molecular formula is C19H19ClN4O4S. The quantitative estimate of drug-likeness (QED) is 0.638. The molecule has 29 heavy (non-hydrogen) atoms. The van der Waals surface area contributed by atoms with Gasteiger partial charge in [-0.3, -0.25) is 18.8 Å². The first-order chi connectivity index (χ1) is 13.7. The third-order valence-corrected chi connectivity index (χ3v) is 6.20. The molecule has 0 unspecified atom stereocenters. The van der Waals surface area contributed by atoms with E-state index in [4.69, 9.17) is 11.6 Å². The summed E-state index contributed by atoms with van der Waals surface area (Å²) in [6.45, 7) is 1.63. The van der Waals surface area contributed by atoms with E-state index in [1.807, 2.05) is 0 Å².